The molecule has 1 amide bonds. The van der Waals surface area contributed by atoms with E-state index in [1.165, 1.54) is 16.7 Å². The molecule has 0 spiro atoms. The Labute approximate surface area is 118 Å². The molecule has 0 bridgehead atoms. The lowest BCUT2D eigenvalue weighted by Crippen LogP contribution is -2.24. The summed E-state index contributed by atoms with van der Waals surface area (Å²) in [5.41, 5.74) is -0.0256. The first-order valence-corrected chi connectivity index (χ1v) is 6.85. The van der Waals surface area contributed by atoms with Gasteiger partial charge in [-0.25, -0.2) is 14.8 Å². The van der Waals surface area contributed by atoms with Crippen molar-refractivity contribution in [2.45, 2.75) is 26.3 Å². The molecule has 0 aromatic carbocycles. The highest BCUT2D eigenvalue weighted by molar-refractivity contribution is 7.09. The predicted octanol–water partition coefficient (Wildman–Crippen LogP) is 0.842. The third kappa shape index (κ3) is 3.38. The average Bonchev–Trinajstić information content (AvgIpc) is 3.05. The van der Waals surface area contributed by atoms with Crippen LogP contribution in [0.2, 0.25) is 0 Å². The van der Waals surface area contributed by atoms with Crippen molar-refractivity contribution in [2.24, 2.45) is 0 Å². The number of carbonyl (C=O) groups excluding carboxylic acids is 1. The number of nitrogens with zero attached hydrogens (tertiary/aromatic N) is 3. The summed E-state index contributed by atoms with van der Waals surface area (Å²) in [7, 11) is 0. The second-order valence-electron chi connectivity index (χ2n) is 3.97. The van der Waals surface area contributed by atoms with Crippen LogP contribution in [-0.2, 0) is 13.0 Å². The molecule has 2 rings (SSSR count). The van der Waals surface area contributed by atoms with Gasteiger partial charge >= 0.3 is 5.97 Å². The summed E-state index contributed by atoms with van der Waals surface area (Å²) in [6.07, 6.45) is 1.64. The number of hydrogen-bond acceptors (Lipinski definition) is 6. The second-order valence-corrected chi connectivity index (χ2v) is 4.91. The van der Waals surface area contributed by atoms with Gasteiger partial charge in [0.05, 0.1) is 6.54 Å². The van der Waals surface area contributed by atoms with E-state index in [1.54, 1.807) is 0 Å². The number of thiazole rings is 1. The highest BCUT2D eigenvalue weighted by atomic mass is 32.1. The maximum atomic E-state index is 11.8. The Hall–Kier alpha value is -2.29. The van der Waals surface area contributed by atoms with Crippen LogP contribution in [0.3, 0.4) is 0 Å². The fraction of sp³-hybridized carbons (Fsp3) is 0.364. The smallest absolute Gasteiger partial charge is 0.355 e. The van der Waals surface area contributed by atoms with Gasteiger partial charge < -0.3 is 10.4 Å². The van der Waals surface area contributed by atoms with Crippen molar-refractivity contribution in [1.29, 1.82) is 0 Å². The normalized spacial score (nSPS) is 10.4. The summed E-state index contributed by atoms with van der Waals surface area (Å²) < 4.78 is 0. The molecule has 0 radical (unpaired) electrons. The molecule has 3 N–H and O–H groups in total. The van der Waals surface area contributed by atoms with E-state index in [2.05, 4.69) is 25.5 Å². The molecule has 20 heavy (non-hydrogen) atoms. The number of nitrogens with one attached hydrogen (secondary N) is 2. The van der Waals surface area contributed by atoms with E-state index >= 15 is 0 Å². The molecule has 0 atom stereocenters. The highest BCUT2D eigenvalue weighted by Crippen LogP contribution is 2.09. The van der Waals surface area contributed by atoms with Crippen LogP contribution in [0.4, 0.5) is 0 Å². The van der Waals surface area contributed by atoms with Crippen molar-refractivity contribution in [3.8, 4) is 0 Å². The van der Waals surface area contributed by atoms with E-state index in [9.17, 15) is 9.59 Å². The van der Waals surface area contributed by atoms with Crippen LogP contribution in [0.25, 0.3) is 0 Å². The van der Waals surface area contributed by atoms with Crippen LogP contribution in [0, 0.1) is 0 Å². The molecule has 0 saturated heterocycles. The van der Waals surface area contributed by atoms with Crippen molar-refractivity contribution in [1.82, 2.24) is 25.5 Å². The summed E-state index contributed by atoms with van der Waals surface area (Å²) >= 11 is 1.17. The molecule has 8 nitrogen and oxygen atoms in total. The first-order valence-electron chi connectivity index (χ1n) is 5.97. The molecule has 2 aromatic heterocycles. The third-order valence-corrected chi connectivity index (χ3v) is 3.24. The van der Waals surface area contributed by atoms with Crippen LogP contribution in [-0.4, -0.2) is 37.1 Å². The number of aryl methyl sites for hydroxylation is 1. The number of rotatable bonds is 6. The predicted molar refractivity (Wildman–Crippen MR) is 70.6 cm³/mol. The van der Waals surface area contributed by atoms with E-state index in [1.807, 2.05) is 6.92 Å². The van der Waals surface area contributed by atoms with Crippen LogP contribution in [0.1, 0.15) is 45.3 Å². The van der Waals surface area contributed by atoms with E-state index < -0.39 is 11.9 Å². The van der Waals surface area contributed by atoms with Crippen molar-refractivity contribution in [2.75, 3.05) is 0 Å². The molecule has 106 valence electrons. The summed E-state index contributed by atoms with van der Waals surface area (Å²) in [5.74, 6) is -0.767. The summed E-state index contributed by atoms with van der Waals surface area (Å²) in [6.45, 7) is 2.15. The van der Waals surface area contributed by atoms with Crippen molar-refractivity contribution in [3.05, 3.63) is 27.7 Å². The van der Waals surface area contributed by atoms with Crippen LogP contribution < -0.4 is 5.32 Å². The zero-order chi connectivity index (χ0) is 14.5. The Morgan fingerprint density at radius 1 is 1.45 bits per heavy atom. The molecule has 0 aliphatic heterocycles. The second kappa shape index (κ2) is 6.24. The molecular formula is C11H13N5O3S. The Morgan fingerprint density at radius 3 is 2.90 bits per heavy atom. The van der Waals surface area contributed by atoms with Crippen LogP contribution in [0.5, 0.6) is 0 Å². The number of aromatic amines is 1. The Bertz CT molecular complexity index is 621. The van der Waals surface area contributed by atoms with Gasteiger partial charge in [0.1, 0.15) is 10.8 Å². The summed E-state index contributed by atoms with van der Waals surface area (Å²) in [4.78, 5) is 30.4. The van der Waals surface area contributed by atoms with Gasteiger partial charge in [0.15, 0.2) is 5.69 Å². The van der Waals surface area contributed by atoms with E-state index in [-0.39, 0.29) is 18.1 Å². The Morgan fingerprint density at radius 2 is 2.25 bits per heavy atom. The van der Waals surface area contributed by atoms with Crippen molar-refractivity contribution in [3.63, 3.8) is 0 Å². The molecule has 9 heteroatoms. The minimum absolute atomic E-state index is 0.0256. The highest BCUT2D eigenvalue weighted by Gasteiger charge is 2.13. The number of hydrogen-bond donors (Lipinski definition) is 3. The Kier molecular flexibility index (Phi) is 4.41. The maximum absolute atomic E-state index is 11.8. The minimum atomic E-state index is -1.09. The van der Waals surface area contributed by atoms with E-state index in [0.717, 1.165) is 12.8 Å². The van der Waals surface area contributed by atoms with Gasteiger partial charge in [0, 0.05) is 11.8 Å². The number of carboxylic acid groups (broad SMARTS) is 1. The quantitative estimate of drug-likeness (QED) is 0.726. The molecule has 0 aliphatic carbocycles. The van der Waals surface area contributed by atoms with E-state index in [4.69, 9.17) is 5.11 Å². The van der Waals surface area contributed by atoms with Gasteiger partial charge in [-0.15, -0.1) is 16.4 Å². The van der Waals surface area contributed by atoms with Gasteiger partial charge in [-0.2, -0.15) is 0 Å². The average molecular weight is 295 g/mol. The van der Waals surface area contributed by atoms with Crippen molar-refractivity contribution >= 4 is 23.2 Å². The van der Waals surface area contributed by atoms with Gasteiger partial charge in [0.2, 0.25) is 5.82 Å². The van der Waals surface area contributed by atoms with Gasteiger partial charge in [-0.3, -0.25) is 9.89 Å². The Balaban J connectivity index is 1.91. The lowest BCUT2D eigenvalue weighted by atomic mass is 10.3. The SMILES string of the molecule is CCCc1nc(C(=O)NCc2nc(C(=O)O)cs2)n[nH]1. The molecule has 0 aliphatic rings. The first-order chi connectivity index (χ1) is 9.60. The van der Waals surface area contributed by atoms with Crippen molar-refractivity contribution < 1.29 is 14.7 Å². The molecule has 2 heterocycles. The van der Waals surface area contributed by atoms with Crippen LogP contribution >= 0.6 is 11.3 Å². The van der Waals surface area contributed by atoms with Gasteiger partial charge in [-0.05, 0) is 6.42 Å². The summed E-state index contributed by atoms with van der Waals surface area (Å²) in [5, 5.41) is 19.8. The first kappa shape index (κ1) is 14.1. The monoisotopic (exact) mass is 295 g/mol. The summed E-state index contributed by atoms with van der Waals surface area (Å²) in [6, 6.07) is 0. The molecule has 0 fully saturated rings. The largest absolute Gasteiger partial charge is 0.476 e. The lowest BCUT2D eigenvalue weighted by Gasteiger charge is -1.98. The minimum Gasteiger partial charge on any atom is -0.476 e. The van der Waals surface area contributed by atoms with E-state index in [0.29, 0.717) is 10.8 Å². The lowest BCUT2D eigenvalue weighted by molar-refractivity contribution is 0.0691. The molecule has 0 saturated carbocycles. The van der Waals surface area contributed by atoms with Gasteiger partial charge in [0.25, 0.3) is 5.91 Å². The number of carboxylic acids is 1. The maximum Gasteiger partial charge on any atom is 0.355 e. The molecule has 0 unspecified atom stereocenters. The van der Waals surface area contributed by atoms with Crippen LogP contribution in [0.15, 0.2) is 5.38 Å². The fourth-order valence-electron chi connectivity index (χ4n) is 1.47. The zero-order valence-electron chi connectivity index (χ0n) is 10.7. The molecule has 2 aromatic rings. The standard InChI is InChI=1S/C11H13N5O3S/c1-2-3-7-14-9(16-15-7)10(17)12-4-8-13-6(5-20-8)11(18)19/h5H,2-4H2,1H3,(H,12,17)(H,18,19)(H,14,15,16). The number of H-pyrrole nitrogens is 1. The topological polar surface area (TPSA) is 121 Å². The molecular weight excluding hydrogens is 282 g/mol. The number of amides is 1. The fourth-order valence-corrected chi connectivity index (χ4v) is 2.18. The van der Waals surface area contributed by atoms with Gasteiger partial charge in [-0.1, -0.05) is 6.92 Å². The zero-order valence-corrected chi connectivity index (χ0v) is 11.5. The number of carbonyl (C=O) groups is 2. The number of aromatic nitrogens is 4. The third-order valence-electron chi connectivity index (χ3n) is 2.39. The number of aromatic carboxylic acids is 1.